The molecule has 2 heterocycles. The number of carbonyl (C=O) groups is 1. The van der Waals surface area contributed by atoms with Gasteiger partial charge in [-0.25, -0.2) is 9.97 Å². The molecule has 0 N–H and O–H groups in total. The highest BCUT2D eigenvalue weighted by molar-refractivity contribution is 6.32. The van der Waals surface area contributed by atoms with Gasteiger partial charge in [0.1, 0.15) is 17.5 Å². The fourth-order valence-electron chi connectivity index (χ4n) is 1.93. The quantitative estimate of drug-likeness (QED) is 0.696. The Morgan fingerprint density at radius 1 is 1.33 bits per heavy atom. The molecule has 0 amide bonds. The maximum absolute atomic E-state index is 11.3. The monoisotopic (exact) mass is 302 g/mol. The molecule has 0 aliphatic rings. The average molecular weight is 303 g/mol. The van der Waals surface area contributed by atoms with Crippen molar-refractivity contribution in [2.24, 2.45) is 7.05 Å². The summed E-state index contributed by atoms with van der Waals surface area (Å²) in [5, 5.41) is 5.15. The second-order valence-corrected chi connectivity index (χ2v) is 4.89. The van der Waals surface area contributed by atoms with Crippen LogP contribution in [0.5, 0.6) is 11.6 Å². The number of benzene rings is 1. The van der Waals surface area contributed by atoms with Gasteiger partial charge in [-0.2, -0.15) is 5.10 Å². The second-order valence-electron chi connectivity index (χ2n) is 4.49. The van der Waals surface area contributed by atoms with Gasteiger partial charge >= 0.3 is 0 Å². The Balaban J connectivity index is 2.01. The molecule has 0 saturated carbocycles. The van der Waals surface area contributed by atoms with Gasteiger partial charge < -0.3 is 4.74 Å². The summed E-state index contributed by atoms with van der Waals surface area (Å²) < 4.78 is 7.35. The maximum Gasteiger partial charge on any atom is 0.233 e. The van der Waals surface area contributed by atoms with Crippen molar-refractivity contribution < 1.29 is 9.53 Å². The maximum atomic E-state index is 11.3. The minimum atomic E-state index is -0.0554. The van der Waals surface area contributed by atoms with E-state index >= 15 is 0 Å². The molecular formula is C14H11ClN4O2. The number of carbonyl (C=O) groups excluding carboxylic acids is 1. The lowest BCUT2D eigenvalue weighted by atomic mass is 10.1. The zero-order valence-corrected chi connectivity index (χ0v) is 12.1. The number of aryl methyl sites for hydroxylation is 1. The highest BCUT2D eigenvalue weighted by Gasteiger charge is 2.12. The Labute approximate surface area is 125 Å². The van der Waals surface area contributed by atoms with Gasteiger partial charge in [0.15, 0.2) is 11.4 Å². The molecule has 1 aromatic carbocycles. The van der Waals surface area contributed by atoms with E-state index in [-0.39, 0.29) is 5.78 Å². The number of Topliss-reactive ketones (excluding diaryl/α,β-unsaturated/α-hetero) is 1. The Morgan fingerprint density at radius 3 is 2.86 bits per heavy atom. The van der Waals surface area contributed by atoms with Crippen molar-refractivity contribution in [1.29, 1.82) is 0 Å². The van der Waals surface area contributed by atoms with E-state index in [1.807, 2.05) is 0 Å². The number of ether oxygens (including phenoxy) is 1. The van der Waals surface area contributed by atoms with Crippen LogP contribution in [0.4, 0.5) is 0 Å². The third kappa shape index (κ3) is 2.45. The SMILES string of the molecule is CC(=O)c1ccc(Oc2ncnc3c2cnn3C)c(Cl)c1. The van der Waals surface area contributed by atoms with E-state index in [4.69, 9.17) is 16.3 Å². The zero-order valence-electron chi connectivity index (χ0n) is 11.4. The number of ketones is 1. The van der Waals surface area contributed by atoms with E-state index in [1.54, 1.807) is 36.1 Å². The van der Waals surface area contributed by atoms with Crippen molar-refractivity contribution in [1.82, 2.24) is 19.7 Å². The number of hydrogen-bond donors (Lipinski definition) is 0. The molecule has 0 bridgehead atoms. The van der Waals surface area contributed by atoms with E-state index in [2.05, 4.69) is 15.1 Å². The van der Waals surface area contributed by atoms with Gasteiger partial charge in [0.05, 0.1) is 11.2 Å². The Hall–Kier alpha value is -2.47. The molecule has 3 aromatic rings. The van der Waals surface area contributed by atoms with Gasteiger partial charge in [-0.1, -0.05) is 11.6 Å². The number of aromatic nitrogens is 4. The van der Waals surface area contributed by atoms with Gasteiger partial charge in [-0.05, 0) is 25.1 Å². The molecule has 0 saturated heterocycles. The van der Waals surface area contributed by atoms with Crippen LogP contribution in [-0.2, 0) is 7.05 Å². The summed E-state index contributed by atoms with van der Waals surface area (Å²) in [5.74, 6) is 0.733. The highest BCUT2D eigenvalue weighted by atomic mass is 35.5. The third-order valence-electron chi connectivity index (χ3n) is 3.04. The Kier molecular flexibility index (Phi) is 3.31. The van der Waals surface area contributed by atoms with E-state index in [0.717, 1.165) is 0 Å². The molecule has 21 heavy (non-hydrogen) atoms. The second kappa shape index (κ2) is 5.14. The molecule has 0 unspecified atom stereocenters. The molecule has 0 atom stereocenters. The first-order valence-corrected chi connectivity index (χ1v) is 6.55. The summed E-state index contributed by atoms with van der Waals surface area (Å²) in [6.07, 6.45) is 3.03. The van der Waals surface area contributed by atoms with Crippen LogP contribution in [0.1, 0.15) is 17.3 Å². The first-order chi connectivity index (χ1) is 10.1. The summed E-state index contributed by atoms with van der Waals surface area (Å²) >= 11 is 6.14. The van der Waals surface area contributed by atoms with E-state index in [0.29, 0.717) is 33.2 Å². The molecule has 106 valence electrons. The number of halogens is 1. The van der Waals surface area contributed by atoms with Crippen LogP contribution in [-0.4, -0.2) is 25.5 Å². The highest BCUT2D eigenvalue weighted by Crippen LogP contribution is 2.32. The molecule has 6 nitrogen and oxygen atoms in total. The summed E-state index contributed by atoms with van der Waals surface area (Å²) in [4.78, 5) is 19.6. The topological polar surface area (TPSA) is 69.9 Å². The lowest BCUT2D eigenvalue weighted by Crippen LogP contribution is -1.96. The Bertz CT molecular complexity index is 844. The predicted octanol–water partition coefficient (Wildman–Crippen LogP) is 3.01. The number of rotatable bonds is 3. The number of fused-ring (bicyclic) bond motifs is 1. The van der Waals surface area contributed by atoms with Gasteiger partial charge in [0.25, 0.3) is 0 Å². The average Bonchev–Trinajstić information content (AvgIpc) is 2.84. The molecule has 0 aliphatic heterocycles. The zero-order chi connectivity index (χ0) is 15.0. The van der Waals surface area contributed by atoms with Gasteiger partial charge in [0.2, 0.25) is 5.88 Å². The minimum absolute atomic E-state index is 0.0554. The molecule has 2 aromatic heterocycles. The molecule has 0 fully saturated rings. The van der Waals surface area contributed by atoms with Crippen LogP contribution >= 0.6 is 11.6 Å². The van der Waals surface area contributed by atoms with Gasteiger partial charge in [-0.3, -0.25) is 9.48 Å². The van der Waals surface area contributed by atoms with Gasteiger partial charge in [-0.15, -0.1) is 0 Å². The lowest BCUT2D eigenvalue weighted by Gasteiger charge is -2.08. The molecule has 0 aliphatic carbocycles. The lowest BCUT2D eigenvalue weighted by molar-refractivity contribution is 0.101. The van der Waals surface area contributed by atoms with E-state index in [1.165, 1.54) is 13.3 Å². The van der Waals surface area contributed by atoms with Crippen LogP contribution in [0.3, 0.4) is 0 Å². The summed E-state index contributed by atoms with van der Waals surface area (Å²) in [6, 6.07) is 4.87. The van der Waals surface area contributed by atoms with Crippen LogP contribution in [0, 0.1) is 0 Å². The molecule has 3 rings (SSSR count). The van der Waals surface area contributed by atoms with Crippen LogP contribution in [0.15, 0.2) is 30.7 Å². The summed E-state index contributed by atoms with van der Waals surface area (Å²) in [7, 11) is 1.79. The van der Waals surface area contributed by atoms with Gasteiger partial charge in [0, 0.05) is 12.6 Å². The summed E-state index contributed by atoms with van der Waals surface area (Å²) in [6.45, 7) is 1.48. The van der Waals surface area contributed by atoms with Crippen LogP contribution in [0.2, 0.25) is 5.02 Å². The van der Waals surface area contributed by atoms with E-state index < -0.39 is 0 Å². The minimum Gasteiger partial charge on any atom is -0.437 e. The smallest absolute Gasteiger partial charge is 0.233 e. The predicted molar refractivity (Wildman–Crippen MR) is 77.8 cm³/mol. The fourth-order valence-corrected chi connectivity index (χ4v) is 2.15. The van der Waals surface area contributed by atoms with Crippen molar-refractivity contribution in [3.05, 3.63) is 41.3 Å². The van der Waals surface area contributed by atoms with Crippen molar-refractivity contribution in [2.75, 3.05) is 0 Å². The largest absolute Gasteiger partial charge is 0.437 e. The summed E-state index contributed by atoms with van der Waals surface area (Å²) in [5.41, 5.74) is 1.19. The van der Waals surface area contributed by atoms with Crippen molar-refractivity contribution in [3.63, 3.8) is 0 Å². The molecule has 0 radical (unpaired) electrons. The van der Waals surface area contributed by atoms with E-state index in [9.17, 15) is 4.79 Å². The van der Waals surface area contributed by atoms with Crippen LogP contribution in [0.25, 0.3) is 11.0 Å². The standard InChI is InChI=1S/C14H11ClN4O2/c1-8(20)9-3-4-12(11(15)5-9)21-14-10-6-18-19(2)13(10)16-7-17-14/h3-7H,1-2H3. The fraction of sp³-hybridized carbons (Fsp3) is 0.143. The molecule has 7 heteroatoms. The number of nitrogens with zero attached hydrogens (tertiary/aromatic N) is 4. The first kappa shape index (κ1) is 13.5. The third-order valence-corrected chi connectivity index (χ3v) is 3.33. The van der Waals surface area contributed by atoms with Crippen LogP contribution < -0.4 is 4.74 Å². The number of hydrogen-bond acceptors (Lipinski definition) is 5. The van der Waals surface area contributed by atoms with Crippen molar-refractivity contribution in [3.8, 4) is 11.6 Å². The normalized spacial score (nSPS) is 10.8. The van der Waals surface area contributed by atoms with Crippen molar-refractivity contribution >= 4 is 28.4 Å². The molecular weight excluding hydrogens is 292 g/mol. The first-order valence-electron chi connectivity index (χ1n) is 6.17. The Morgan fingerprint density at radius 2 is 2.14 bits per heavy atom. The molecule has 0 spiro atoms. The van der Waals surface area contributed by atoms with Crippen molar-refractivity contribution in [2.45, 2.75) is 6.92 Å².